The van der Waals surface area contributed by atoms with Gasteiger partial charge < -0.3 is 10.2 Å². The van der Waals surface area contributed by atoms with Crippen molar-refractivity contribution in [3.63, 3.8) is 0 Å². The Labute approximate surface area is 74.2 Å². The predicted molar refractivity (Wildman–Crippen MR) is 43.9 cm³/mol. The number of aromatic hydroxyl groups is 1. The summed E-state index contributed by atoms with van der Waals surface area (Å²) in [5.41, 5.74) is 0.448. The number of benzene rings is 1. The van der Waals surface area contributed by atoms with Gasteiger partial charge in [-0.05, 0) is 18.1 Å². The number of aliphatic hydroxyl groups is 1. The van der Waals surface area contributed by atoms with Crippen molar-refractivity contribution in [1.82, 2.24) is 0 Å². The molecule has 0 aromatic heterocycles. The van der Waals surface area contributed by atoms with Gasteiger partial charge in [-0.2, -0.15) is 0 Å². The average molecular weight is 191 g/mol. The van der Waals surface area contributed by atoms with Crippen LogP contribution in [0.4, 0.5) is 4.39 Å². The molecule has 0 saturated carbocycles. The summed E-state index contributed by atoms with van der Waals surface area (Å²) in [4.78, 5) is 0. The summed E-state index contributed by atoms with van der Waals surface area (Å²) in [5, 5.41) is 17.6. The fourth-order valence-corrected chi connectivity index (χ4v) is 1.08. The maximum Gasteiger partial charge on any atom is 0.145 e. The molecule has 0 radical (unpaired) electrons. The molecule has 66 valence electrons. The van der Waals surface area contributed by atoms with Crippen molar-refractivity contribution >= 4 is 11.6 Å². The van der Waals surface area contributed by atoms with Crippen molar-refractivity contribution in [2.45, 2.75) is 6.42 Å². The molecule has 0 spiro atoms. The molecule has 0 heterocycles. The van der Waals surface area contributed by atoms with Crippen LogP contribution in [0, 0.1) is 5.82 Å². The first-order chi connectivity index (χ1) is 5.65. The summed E-state index contributed by atoms with van der Waals surface area (Å²) in [6.07, 6.45) is 0.270. The van der Waals surface area contributed by atoms with Crippen molar-refractivity contribution in [2.24, 2.45) is 0 Å². The summed E-state index contributed by atoms with van der Waals surface area (Å²) in [6.45, 7) is -0.102. The molecule has 0 bridgehead atoms. The van der Waals surface area contributed by atoms with Gasteiger partial charge >= 0.3 is 0 Å². The van der Waals surface area contributed by atoms with E-state index in [2.05, 4.69) is 0 Å². The standard InChI is InChI=1S/C8H8ClFO2/c9-6-3-5(1-2-11)8(12)4-7(6)10/h3-4,11-12H,1-2H2. The third-order valence-corrected chi connectivity index (χ3v) is 1.79. The first kappa shape index (κ1) is 9.29. The lowest BCUT2D eigenvalue weighted by atomic mass is 10.1. The number of hydrogen-bond donors (Lipinski definition) is 2. The monoisotopic (exact) mass is 190 g/mol. The number of phenolic OH excluding ortho intramolecular Hbond substituents is 1. The number of halogens is 2. The molecule has 12 heavy (non-hydrogen) atoms. The van der Waals surface area contributed by atoms with Crippen LogP contribution in [0.3, 0.4) is 0 Å². The largest absolute Gasteiger partial charge is 0.508 e. The number of rotatable bonds is 2. The molecule has 0 saturated heterocycles. The second kappa shape index (κ2) is 3.74. The first-order valence-corrected chi connectivity index (χ1v) is 3.80. The Balaban J connectivity index is 3.05. The van der Waals surface area contributed by atoms with Gasteiger partial charge in [0.2, 0.25) is 0 Å². The Kier molecular flexibility index (Phi) is 2.89. The second-order valence-corrected chi connectivity index (χ2v) is 2.78. The Morgan fingerprint density at radius 2 is 2.08 bits per heavy atom. The molecule has 4 heteroatoms. The highest BCUT2D eigenvalue weighted by atomic mass is 35.5. The molecular weight excluding hydrogens is 183 g/mol. The van der Waals surface area contributed by atoms with Crippen LogP contribution in [0.2, 0.25) is 5.02 Å². The van der Waals surface area contributed by atoms with E-state index in [-0.39, 0.29) is 23.8 Å². The van der Waals surface area contributed by atoms with Crippen molar-refractivity contribution in [3.8, 4) is 5.75 Å². The lowest BCUT2D eigenvalue weighted by Crippen LogP contribution is -1.92. The van der Waals surface area contributed by atoms with Crippen LogP contribution in [-0.4, -0.2) is 16.8 Å². The van der Waals surface area contributed by atoms with Gasteiger partial charge in [-0.1, -0.05) is 11.6 Å². The lowest BCUT2D eigenvalue weighted by Gasteiger charge is -2.03. The topological polar surface area (TPSA) is 40.5 Å². The van der Waals surface area contributed by atoms with Crippen LogP contribution in [0.1, 0.15) is 5.56 Å². The Bertz CT molecular complexity index is 289. The summed E-state index contributed by atoms with van der Waals surface area (Å²) in [5.74, 6) is -0.832. The van der Waals surface area contributed by atoms with E-state index >= 15 is 0 Å². The smallest absolute Gasteiger partial charge is 0.145 e. The van der Waals surface area contributed by atoms with E-state index in [0.717, 1.165) is 6.07 Å². The summed E-state index contributed by atoms with van der Waals surface area (Å²) in [7, 11) is 0. The molecule has 0 aliphatic carbocycles. The van der Waals surface area contributed by atoms with Crippen LogP contribution in [-0.2, 0) is 6.42 Å². The van der Waals surface area contributed by atoms with Crippen LogP contribution in [0.25, 0.3) is 0 Å². The zero-order valence-electron chi connectivity index (χ0n) is 6.22. The van der Waals surface area contributed by atoms with Gasteiger partial charge in [0, 0.05) is 12.7 Å². The minimum absolute atomic E-state index is 0.0451. The zero-order chi connectivity index (χ0) is 9.14. The van der Waals surface area contributed by atoms with Crippen LogP contribution < -0.4 is 0 Å². The van der Waals surface area contributed by atoms with Crippen molar-refractivity contribution in [3.05, 3.63) is 28.5 Å². The van der Waals surface area contributed by atoms with E-state index in [4.69, 9.17) is 21.8 Å². The molecule has 0 amide bonds. The van der Waals surface area contributed by atoms with Gasteiger partial charge in [-0.15, -0.1) is 0 Å². The molecule has 0 fully saturated rings. The Hall–Kier alpha value is -0.800. The van der Waals surface area contributed by atoms with Crippen molar-refractivity contribution in [1.29, 1.82) is 0 Å². The maximum atomic E-state index is 12.6. The SMILES string of the molecule is OCCc1cc(Cl)c(F)cc1O. The summed E-state index contributed by atoms with van der Waals surface area (Å²) < 4.78 is 12.6. The maximum absolute atomic E-state index is 12.6. The normalized spacial score (nSPS) is 10.2. The molecule has 2 N–H and O–H groups in total. The van der Waals surface area contributed by atoms with Crippen molar-refractivity contribution < 1.29 is 14.6 Å². The molecule has 1 aromatic carbocycles. The van der Waals surface area contributed by atoms with E-state index in [9.17, 15) is 4.39 Å². The van der Waals surface area contributed by atoms with E-state index in [0.29, 0.717) is 5.56 Å². The molecule has 0 aliphatic rings. The molecule has 1 aromatic rings. The lowest BCUT2D eigenvalue weighted by molar-refractivity contribution is 0.297. The number of aliphatic hydroxyl groups excluding tert-OH is 1. The molecule has 1 rings (SSSR count). The van der Waals surface area contributed by atoms with E-state index in [1.165, 1.54) is 6.07 Å². The van der Waals surface area contributed by atoms with Crippen LogP contribution in [0.15, 0.2) is 12.1 Å². The number of hydrogen-bond acceptors (Lipinski definition) is 2. The average Bonchev–Trinajstić information content (AvgIpc) is 2.01. The zero-order valence-corrected chi connectivity index (χ0v) is 6.98. The van der Waals surface area contributed by atoms with E-state index in [1.54, 1.807) is 0 Å². The first-order valence-electron chi connectivity index (χ1n) is 3.43. The Morgan fingerprint density at radius 1 is 1.42 bits per heavy atom. The molecule has 0 unspecified atom stereocenters. The second-order valence-electron chi connectivity index (χ2n) is 2.37. The highest BCUT2D eigenvalue weighted by Crippen LogP contribution is 2.24. The van der Waals surface area contributed by atoms with Crippen LogP contribution in [0.5, 0.6) is 5.75 Å². The van der Waals surface area contributed by atoms with Gasteiger partial charge in [0.25, 0.3) is 0 Å². The third kappa shape index (κ3) is 1.87. The minimum atomic E-state index is -0.657. The van der Waals surface area contributed by atoms with Gasteiger partial charge in [0.15, 0.2) is 0 Å². The molecule has 0 aliphatic heterocycles. The van der Waals surface area contributed by atoms with Gasteiger partial charge in [-0.3, -0.25) is 0 Å². The fourth-order valence-electron chi connectivity index (χ4n) is 0.898. The predicted octanol–water partition coefficient (Wildman–Crippen LogP) is 1.72. The van der Waals surface area contributed by atoms with Crippen LogP contribution >= 0.6 is 11.6 Å². The third-order valence-electron chi connectivity index (χ3n) is 1.50. The fraction of sp³-hybridized carbons (Fsp3) is 0.250. The highest BCUT2D eigenvalue weighted by molar-refractivity contribution is 6.30. The number of phenols is 1. The molecular formula is C8H8ClFO2. The quantitative estimate of drug-likeness (QED) is 0.746. The van der Waals surface area contributed by atoms with Gasteiger partial charge in [0.05, 0.1) is 5.02 Å². The van der Waals surface area contributed by atoms with E-state index in [1.807, 2.05) is 0 Å². The minimum Gasteiger partial charge on any atom is -0.508 e. The highest BCUT2D eigenvalue weighted by Gasteiger charge is 2.06. The van der Waals surface area contributed by atoms with Gasteiger partial charge in [-0.25, -0.2) is 4.39 Å². The Morgan fingerprint density at radius 3 is 2.67 bits per heavy atom. The molecule has 2 nitrogen and oxygen atoms in total. The van der Waals surface area contributed by atoms with Crippen molar-refractivity contribution in [2.75, 3.05) is 6.61 Å². The molecule has 0 atom stereocenters. The van der Waals surface area contributed by atoms with E-state index < -0.39 is 5.82 Å². The summed E-state index contributed by atoms with van der Waals surface area (Å²) >= 11 is 5.45. The summed E-state index contributed by atoms with van der Waals surface area (Å²) in [6, 6.07) is 2.25. The van der Waals surface area contributed by atoms with Gasteiger partial charge in [0.1, 0.15) is 11.6 Å².